The quantitative estimate of drug-likeness (QED) is 0.648. The first-order valence-electron chi connectivity index (χ1n) is 4.62. The Hall–Kier alpha value is -2.51. The highest BCUT2D eigenvalue weighted by Gasteiger charge is 2.05. The van der Waals surface area contributed by atoms with Gasteiger partial charge in [0.1, 0.15) is 0 Å². The van der Waals surface area contributed by atoms with E-state index in [0.29, 0.717) is 17.3 Å². The van der Waals surface area contributed by atoms with E-state index in [1.165, 1.54) is 0 Å². The number of nitrogens with zero attached hydrogens (tertiary/aromatic N) is 7. The standard InChI is InChI=1S/C8H8N8/c1-15-3-2-6(12-15)10-7-4-9-5-8-11-13-14-16(7)8/h2-5H,1H3,(H,10,12). The molecule has 8 nitrogen and oxygen atoms in total. The highest BCUT2D eigenvalue weighted by atomic mass is 15.5. The predicted molar refractivity (Wildman–Crippen MR) is 55.1 cm³/mol. The molecule has 3 aromatic heterocycles. The Morgan fingerprint density at radius 1 is 1.31 bits per heavy atom. The van der Waals surface area contributed by atoms with Crippen LogP contribution in [0.3, 0.4) is 0 Å². The maximum atomic E-state index is 4.19. The van der Waals surface area contributed by atoms with Crippen LogP contribution in [0.4, 0.5) is 11.6 Å². The summed E-state index contributed by atoms with van der Waals surface area (Å²) < 4.78 is 3.26. The van der Waals surface area contributed by atoms with Gasteiger partial charge in [-0.05, 0) is 10.4 Å². The normalized spacial score (nSPS) is 10.8. The van der Waals surface area contributed by atoms with Crippen LogP contribution in [0, 0.1) is 0 Å². The van der Waals surface area contributed by atoms with Crippen LogP contribution in [0.5, 0.6) is 0 Å². The number of aromatic nitrogens is 7. The van der Waals surface area contributed by atoms with Gasteiger partial charge in [-0.15, -0.1) is 5.10 Å². The molecule has 0 spiro atoms. The summed E-state index contributed by atoms with van der Waals surface area (Å²) in [6, 6.07) is 1.85. The molecule has 0 atom stereocenters. The fraction of sp³-hybridized carbons (Fsp3) is 0.125. The van der Waals surface area contributed by atoms with Gasteiger partial charge in [-0.25, -0.2) is 0 Å². The maximum Gasteiger partial charge on any atom is 0.199 e. The second kappa shape index (κ2) is 3.26. The molecule has 80 valence electrons. The molecule has 16 heavy (non-hydrogen) atoms. The van der Waals surface area contributed by atoms with E-state index in [4.69, 9.17) is 0 Å². The molecule has 0 bridgehead atoms. The van der Waals surface area contributed by atoms with Gasteiger partial charge in [0, 0.05) is 19.3 Å². The molecule has 0 unspecified atom stereocenters. The lowest BCUT2D eigenvalue weighted by molar-refractivity contribution is 0.769. The van der Waals surface area contributed by atoms with Gasteiger partial charge in [-0.2, -0.15) is 9.61 Å². The number of fused-ring (bicyclic) bond motifs is 1. The zero-order valence-electron chi connectivity index (χ0n) is 8.44. The monoisotopic (exact) mass is 216 g/mol. The number of tetrazole rings is 1. The molecule has 8 heteroatoms. The van der Waals surface area contributed by atoms with Gasteiger partial charge in [0.15, 0.2) is 17.3 Å². The Kier molecular flexibility index (Phi) is 1.79. The second-order valence-corrected chi connectivity index (χ2v) is 3.24. The van der Waals surface area contributed by atoms with E-state index in [1.54, 1.807) is 21.6 Å². The summed E-state index contributed by atoms with van der Waals surface area (Å²) in [6.45, 7) is 0. The number of hydrogen-bond acceptors (Lipinski definition) is 6. The Bertz CT molecular complexity index is 624. The van der Waals surface area contributed by atoms with Gasteiger partial charge < -0.3 is 5.32 Å². The Morgan fingerprint density at radius 3 is 3.06 bits per heavy atom. The average molecular weight is 216 g/mol. The van der Waals surface area contributed by atoms with Crippen LogP contribution in [-0.2, 0) is 7.05 Å². The van der Waals surface area contributed by atoms with Crippen LogP contribution in [0.2, 0.25) is 0 Å². The summed E-state index contributed by atoms with van der Waals surface area (Å²) in [7, 11) is 1.85. The first-order chi connectivity index (χ1) is 7.83. The smallest absolute Gasteiger partial charge is 0.199 e. The minimum absolute atomic E-state index is 0.584. The van der Waals surface area contributed by atoms with Gasteiger partial charge in [-0.1, -0.05) is 0 Å². The number of anilines is 2. The topological polar surface area (TPSA) is 85.8 Å². The molecule has 0 aromatic carbocycles. The third-order valence-corrected chi connectivity index (χ3v) is 2.08. The molecule has 0 aliphatic heterocycles. The summed E-state index contributed by atoms with van der Waals surface area (Å²) in [5.41, 5.74) is 0.584. The molecule has 1 N–H and O–H groups in total. The molecular weight excluding hydrogens is 208 g/mol. The van der Waals surface area contributed by atoms with Gasteiger partial charge in [0.05, 0.1) is 12.4 Å². The first kappa shape index (κ1) is 8.77. The lowest BCUT2D eigenvalue weighted by atomic mass is 10.5. The summed E-state index contributed by atoms with van der Waals surface area (Å²) in [4.78, 5) is 4.03. The molecule has 0 radical (unpaired) electrons. The van der Waals surface area contributed by atoms with Crippen LogP contribution in [0.25, 0.3) is 5.65 Å². The van der Waals surface area contributed by atoms with E-state index in [0.717, 1.165) is 0 Å². The molecule has 0 aliphatic rings. The van der Waals surface area contributed by atoms with Crippen molar-refractivity contribution in [1.29, 1.82) is 0 Å². The minimum Gasteiger partial charge on any atom is -0.322 e. The van der Waals surface area contributed by atoms with Crippen molar-refractivity contribution in [2.24, 2.45) is 7.05 Å². The van der Waals surface area contributed by atoms with Crippen molar-refractivity contribution in [2.75, 3.05) is 5.32 Å². The molecule has 0 amide bonds. The van der Waals surface area contributed by atoms with E-state index in [2.05, 4.69) is 30.9 Å². The van der Waals surface area contributed by atoms with Gasteiger partial charge >= 0.3 is 0 Å². The second-order valence-electron chi connectivity index (χ2n) is 3.24. The zero-order valence-corrected chi connectivity index (χ0v) is 8.44. The van der Waals surface area contributed by atoms with Crippen LogP contribution in [-0.4, -0.2) is 34.8 Å². The SMILES string of the molecule is Cn1ccc(Nc2cncc3nnnn23)n1. The summed E-state index contributed by atoms with van der Waals surface area (Å²) in [5.74, 6) is 1.38. The van der Waals surface area contributed by atoms with E-state index in [-0.39, 0.29) is 0 Å². The van der Waals surface area contributed by atoms with E-state index >= 15 is 0 Å². The fourth-order valence-electron chi connectivity index (χ4n) is 1.37. The molecule has 0 fully saturated rings. The Morgan fingerprint density at radius 2 is 2.25 bits per heavy atom. The number of rotatable bonds is 2. The lowest BCUT2D eigenvalue weighted by Gasteiger charge is -2.02. The van der Waals surface area contributed by atoms with Gasteiger partial charge in [0.25, 0.3) is 0 Å². The molecule has 0 aliphatic carbocycles. The summed E-state index contributed by atoms with van der Waals surface area (Å²) >= 11 is 0. The molecule has 0 saturated carbocycles. The Labute approximate surface area is 89.9 Å². The van der Waals surface area contributed by atoms with Gasteiger partial charge in [0.2, 0.25) is 0 Å². The predicted octanol–water partition coefficient (Wildman–Crippen LogP) is -0.00360. The summed E-state index contributed by atoms with van der Waals surface area (Å²) in [6.07, 6.45) is 5.07. The van der Waals surface area contributed by atoms with Gasteiger partial charge in [-0.3, -0.25) is 9.67 Å². The van der Waals surface area contributed by atoms with E-state index < -0.39 is 0 Å². The zero-order chi connectivity index (χ0) is 11.0. The Balaban J connectivity index is 2.03. The minimum atomic E-state index is 0.584. The van der Waals surface area contributed by atoms with Crippen molar-refractivity contribution in [2.45, 2.75) is 0 Å². The van der Waals surface area contributed by atoms with Crippen LogP contribution >= 0.6 is 0 Å². The third-order valence-electron chi connectivity index (χ3n) is 2.08. The summed E-state index contributed by atoms with van der Waals surface area (Å²) in [5, 5.41) is 18.5. The van der Waals surface area contributed by atoms with Crippen molar-refractivity contribution in [3.8, 4) is 0 Å². The number of nitrogens with one attached hydrogen (secondary N) is 1. The van der Waals surface area contributed by atoms with Crippen LogP contribution in [0.1, 0.15) is 0 Å². The lowest BCUT2D eigenvalue weighted by Crippen LogP contribution is -2.01. The van der Waals surface area contributed by atoms with Crippen LogP contribution in [0.15, 0.2) is 24.7 Å². The molecule has 0 saturated heterocycles. The molecule has 3 aromatic rings. The van der Waals surface area contributed by atoms with Crippen LogP contribution < -0.4 is 5.32 Å². The first-order valence-corrected chi connectivity index (χ1v) is 4.62. The van der Waals surface area contributed by atoms with Crippen molar-refractivity contribution < 1.29 is 0 Å². The highest BCUT2D eigenvalue weighted by Crippen LogP contribution is 2.12. The third kappa shape index (κ3) is 1.36. The van der Waals surface area contributed by atoms with Crippen molar-refractivity contribution in [3.05, 3.63) is 24.7 Å². The maximum absolute atomic E-state index is 4.19. The highest BCUT2D eigenvalue weighted by molar-refractivity contribution is 5.53. The van der Waals surface area contributed by atoms with Crippen molar-refractivity contribution >= 4 is 17.3 Å². The number of hydrogen-bond donors (Lipinski definition) is 1. The molecule has 3 heterocycles. The molecular formula is C8H8N8. The van der Waals surface area contributed by atoms with E-state index in [1.807, 2.05) is 19.3 Å². The number of aryl methyl sites for hydroxylation is 1. The van der Waals surface area contributed by atoms with Crippen molar-refractivity contribution in [1.82, 2.24) is 34.8 Å². The van der Waals surface area contributed by atoms with Crippen molar-refractivity contribution in [3.63, 3.8) is 0 Å². The largest absolute Gasteiger partial charge is 0.322 e. The van der Waals surface area contributed by atoms with E-state index in [9.17, 15) is 0 Å². The molecule has 3 rings (SSSR count). The average Bonchev–Trinajstić information content (AvgIpc) is 2.87. The fourth-order valence-corrected chi connectivity index (χ4v) is 1.37.